The number of ether oxygens (including phenoxy) is 2. The van der Waals surface area contributed by atoms with Gasteiger partial charge in [0.25, 0.3) is 5.56 Å². The Kier molecular flexibility index (Phi) is 4.85. The van der Waals surface area contributed by atoms with Gasteiger partial charge in [-0.1, -0.05) is 6.92 Å². The summed E-state index contributed by atoms with van der Waals surface area (Å²) in [6.07, 6.45) is 3.41. The van der Waals surface area contributed by atoms with E-state index in [-0.39, 0.29) is 6.35 Å². The molecule has 0 spiro atoms. The Labute approximate surface area is 115 Å². The number of hydrogen-bond donors (Lipinski definition) is 3. The van der Waals surface area contributed by atoms with Crippen LogP contribution in [-0.2, 0) is 15.9 Å². The Morgan fingerprint density at radius 2 is 2.20 bits per heavy atom. The summed E-state index contributed by atoms with van der Waals surface area (Å²) in [5.41, 5.74) is -0.510. The van der Waals surface area contributed by atoms with E-state index in [1.165, 1.54) is 10.8 Å². The van der Waals surface area contributed by atoms with Gasteiger partial charge in [0, 0.05) is 11.8 Å². The van der Waals surface area contributed by atoms with Crippen LogP contribution >= 0.6 is 8.38 Å². The molecule has 3 N–H and O–H groups in total. The van der Waals surface area contributed by atoms with Crippen molar-refractivity contribution in [3.63, 3.8) is 0 Å². The van der Waals surface area contributed by atoms with Crippen molar-refractivity contribution in [3.8, 4) is 0 Å². The largest absolute Gasteiger partial charge is 0.348 e. The molecule has 0 radical (unpaired) electrons. The number of aromatic nitrogens is 2. The van der Waals surface area contributed by atoms with Crippen LogP contribution in [0.2, 0.25) is 0 Å². The average molecular weight is 302 g/mol. The first-order valence-electron chi connectivity index (χ1n) is 5.96. The first-order chi connectivity index (χ1) is 9.51. The summed E-state index contributed by atoms with van der Waals surface area (Å²) >= 11 is 0. The van der Waals surface area contributed by atoms with Crippen molar-refractivity contribution in [1.82, 2.24) is 9.55 Å². The van der Waals surface area contributed by atoms with E-state index in [9.17, 15) is 9.59 Å². The number of aromatic amines is 1. The quantitative estimate of drug-likeness (QED) is 0.512. The highest BCUT2D eigenvalue weighted by Crippen LogP contribution is 2.26. The summed E-state index contributed by atoms with van der Waals surface area (Å²) in [6.45, 7) is 1.81. The lowest BCUT2D eigenvalue weighted by Gasteiger charge is -2.17. The SMILES string of the molecule is CCc1cn(C2C=CC(OCP(O)O)O2)c(=O)[nH]c1=O. The third-order valence-corrected chi connectivity index (χ3v) is 3.14. The summed E-state index contributed by atoms with van der Waals surface area (Å²) in [5.74, 6) is 0. The van der Waals surface area contributed by atoms with Gasteiger partial charge in [0.15, 0.2) is 20.9 Å². The maximum atomic E-state index is 11.7. The Balaban J connectivity index is 2.13. The van der Waals surface area contributed by atoms with E-state index in [1.807, 2.05) is 0 Å². The highest BCUT2D eigenvalue weighted by Gasteiger charge is 2.23. The van der Waals surface area contributed by atoms with Crippen LogP contribution in [-0.4, -0.2) is 32.0 Å². The number of nitrogens with zero attached hydrogens (tertiary/aromatic N) is 1. The fourth-order valence-electron chi connectivity index (χ4n) is 1.78. The lowest BCUT2D eigenvalue weighted by Crippen LogP contribution is -2.34. The van der Waals surface area contributed by atoms with E-state index in [4.69, 9.17) is 19.3 Å². The second kappa shape index (κ2) is 6.43. The average Bonchev–Trinajstić information content (AvgIpc) is 2.85. The van der Waals surface area contributed by atoms with Crippen molar-refractivity contribution >= 4 is 8.38 Å². The van der Waals surface area contributed by atoms with Gasteiger partial charge in [-0.3, -0.25) is 14.3 Å². The van der Waals surface area contributed by atoms with E-state index < -0.39 is 32.1 Å². The van der Waals surface area contributed by atoms with Crippen LogP contribution in [0.15, 0.2) is 27.9 Å². The minimum Gasteiger partial charge on any atom is -0.348 e. The van der Waals surface area contributed by atoms with E-state index in [0.717, 1.165) is 0 Å². The fraction of sp³-hybridized carbons (Fsp3) is 0.455. The predicted octanol–water partition coefficient (Wildman–Crippen LogP) is -0.219. The molecule has 2 atom stereocenters. The summed E-state index contributed by atoms with van der Waals surface area (Å²) < 4.78 is 11.7. The Hall–Kier alpha value is -1.31. The first-order valence-corrected chi connectivity index (χ1v) is 7.39. The van der Waals surface area contributed by atoms with Crippen molar-refractivity contribution in [1.29, 1.82) is 0 Å². The molecule has 0 amide bonds. The molecule has 0 bridgehead atoms. The second-order valence-corrected chi connectivity index (χ2v) is 5.13. The molecule has 110 valence electrons. The lowest BCUT2D eigenvalue weighted by atomic mass is 10.2. The maximum Gasteiger partial charge on any atom is 0.330 e. The van der Waals surface area contributed by atoms with Gasteiger partial charge < -0.3 is 19.3 Å². The normalized spacial score (nSPS) is 21.8. The molecule has 0 saturated carbocycles. The van der Waals surface area contributed by atoms with E-state index in [0.29, 0.717) is 12.0 Å². The smallest absolute Gasteiger partial charge is 0.330 e. The Morgan fingerprint density at radius 3 is 2.85 bits per heavy atom. The molecule has 2 rings (SSSR count). The molecule has 0 fully saturated rings. The molecule has 1 aliphatic rings. The number of hydrogen-bond acceptors (Lipinski definition) is 6. The second-order valence-electron chi connectivity index (χ2n) is 4.12. The molecule has 2 heterocycles. The molecule has 20 heavy (non-hydrogen) atoms. The van der Waals surface area contributed by atoms with Gasteiger partial charge in [0.2, 0.25) is 0 Å². The molecule has 0 saturated heterocycles. The van der Waals surface area contributed by atoms with Crippen LogP contribution in [0.4, 0.5) is 0 Å². The number of nitrogens with one attached hydrogen (secondary N) is 1. The molecule has 1 aromatic heterocycles. The molecule has 2 unspecified atom stereocenters. The van der Waals surface area contributed by atoms with Gasteiger partial charge in [-0.2, -0.15) is 0 Å². The van der Waals surface area contributed by atoms with Crippen LogP contribution in [0.25, 0.3) is 0 Å². The van der Waals surface area contributed by atoms with E-state index in [1.54, 1.807) is 19.1 Å². The molecule has 8 nitrogen and oxygen atoms in total. The topological polar surface area (TPSA) is 114 Å². The fourth-order valence-corrected chi connectivity index (χ4v) is 2.06. The van der Waals surface area contributed by atoms with Gasteiger partial charge in [-0.25, -0.2) is 4.79 Å². The van der Waals surface area contributed by atoms with Crippen molar-refractivity contribution < 1.29 is 19.3 Å². The molecule has 1 aliphatic heterocycles. The molecular formula is C11H15N2O6P. The summed E-state index contributed by atoms with van der Waals surface area (Å²) in [4.78, 5) is 43.0. The third kappa shape index (κ3) is 3.41. The zero-order valence-corrected chi connectivity index (χ0v) is 11.6. The van der Waals surface area contributed by atoms with Crippen LogP contribution in [0.3, 0.4) is 0 Å². The summed E-state index contributed by atoms with van der Waals surface area (Å²) in [7, 11) is -2.16. The van der Waals surface area contributed by atoms with Crippen molar-refractivity contribution in [2.75, 3.05) is 6.35 Å². The van der Waals surface area contributed by atoms with Crippen molar-refractivity contribution in [2.45, 2.75) is 25.9 Å². The zero-order valence-electron chi connectivity index (χ0n) is 10.7. The Bertz CT molecular complexity index is 608. The van der Waals surface area contributed by atoms with E-state index >= 15 is 0 Å². The molecule has 9 heteroatoms. The van der Waals surface area contributed by atoms with Crippen molar-refractivity contribution in [2.24, 2.45) is 0 Å². The van der Waals surface area contributed by atoms with Crippen LogP contribution in [0.1, 0.15) is 18.7 Å². The minimum absolute atomic E-state index is 0.238. The number of H-pyrrole nitrogens is 1. The molecular weight excluding hydrogens is 287 g/mol. The summed E-state index contributed by atoms with van der Waals surface area (Å²) in [5, 5.41) is 0. The number of rotatable bonds is 5. The van der Waals surface area contributed by atoms with Crippen LogP contribution in [0.5, 0.6) is 0 Å². The monoisotopic (exact) mass is 302 g/mol. The van der Waals surface area contributed by atoms with Crippen molar-refractivity contribution in [3.05, 3.63) is 44.8 Å². The number of aryl methyl sites for hydroxylation is 1. The standard InChI is InChI=1S/C11H15N2O6P/c1-2-7-5-13(11(15)12-10(7)14)8-3-4-9(19-8)18-6-20(16)17/h3-5,8-9,16-17H,2,6H2,1H3,(H,12,14,15). The predicted molar refractivity (Wildman–Crippen MR) is 71.1 cm³/mol. The lowest BCUT2D eigenvalue weighted by molar-refractivity contribution is -0.126. The Morgan fingerprint density at radius 1 is 1.45 bits per heavy atom. The highest BCUT2D eigenvalue weighted by atomic mass is 31.2. The van der Waals surface area contributed by atoms with Crippen LogP contribution in [0, 0.1) is 0 Å². The molecule has 1 aromatic rings. The van der Waals surface area contributed by atoms with Gasteiger partial charge in [-0.05, 0) is 18.6 Å². The highest BCUT2D eigenvalue weighted by molar-refractivity contribution is 7.44. The summed E-state index contributed by atoms with van der Waals surface area (Å²) in [6, 6.07) is 0. The first kappa shape index (κ1) is 15.1. The maximum absolute atomic E-state index is 11.7. The molecule has 0 aliphatic carbocycles. The van der Waals surface area contributed by atoms with Gasteiger partial charge in [0.1, 0.15) is 6.35 Å². The molecule has 0 aromatic carbocycles. The van der Waals surface area contributed by atoms with E-state index in [2.05, 4.69) is 4.98 Å². The van der Waals surface area contributed by atoms with Crippen LogP contribution < -0.4 is 11.2 Å². The van der Waals surface area contributed by atoms with Gasteiger partial charge >= 0.3 is 5.69 Å². The van der Waals surface area contributed by atoms with Gasteiger partial charge in [-0.15, -0.1) is 0 Å². The minimum atomic E-state index is -2.16. The van der Waals surface area contributed by atoms with Gasteiger partial charge in [0.05, 0.1) is 0 Å². The third-order valence-electron chi connectivity index (χ3n) is 2.76. The zero-order chi connectivity index (χ0) is 14.7.